The molecule has 0 aromatic heterocycles. The summed E-state index contributed by atoms with van der Waals surface area (Å²) in [7, 11) is 0. The van der Waals surface area contributed by atoms with Crippen molar-refractivity contribution < 1.29 is 15.0 Å². The van der Waals surface area contributed by atoms with Gasteiger partial charge in [-0.05, 0) is 19.3 Å². The number of carbonyl (C=O) groups is 1. The molecule has 4 heteroatoms. The summed E-state index contributed by atoms with van der Waals surface area (Å²) >= 11 is 0. The van der Waals surface area contributed by atoms with Crippen LogP contribution in [0.25, 0.3) is 0 Å². The number of rotatable bonds is 41. The van der Waals surface area contributed by atoms with Crippen LogP contribution in [0, 0.1) is 0 Å². The van der Waals surface area contributed by atoms with E-state index in [-0.39, 0.29) is 12.5 Å². The molecular weight excluding hydrogens is 602 g/mol. The second-order valence-electron chi connectivity index (χ2n) is 15.5. The van der Waals surface area contributed by atoms with Crippen LogP contribution in [0.15, 0.2) is 12.2 Å². The summed E-state index contributed by atoms with van der Waals surface area (Å²) < 4.78 is 0. The molecule has 3 N–H and O–H groups in total. The predicted octanol–water partition coefficient (Wildman–Crippen LogP) is 13.9. The van der Waals surface area contributed by atoms with Gasteiger partial charge in [-0.1, -0.05) is 238 Å². The zero-order valence-electron chi connectivity index (χ0n) is 33.5. The van der Waals surface area contributed by atoms with Gasteiger partial charge in [0, 0.05) is 6.42 Å². The third-order valence-corrected chi connectivity index (χ3v) is 10.5. The number of hydrogen-bond donors (Lipinski definition) is 3. The van der Waals surface area contributed by atoms with Crippen molar-refractivity contribution in [3.63, 3.8) is 0 Å². The van der Waals surface area contributed by atoms with E-state index in [4.69, 9.17) is 0 Å². The molecule has 0 heterocycles. The summed E-state index contributed by atoms with van der Waals surface area (Å²) in [5, 5.41) is 23.0. The van der Waals surface area contributed by atoms with Crippen LogP contribution in [0.2, 0.25) is 0 Å². The van der Waals surface area contributed by atoms with Crippen LogP contribution in [0.4, 0.5) is 0 Å². The lowest BCUT2D eigenvalue weighted by Crippen LogP contribution is -2.45. The number of aliphatic hydroxyl groups is 2. The molecule has 0 unspecified atom stereocenters. The highest BCUT2D eigenvalue weighted by molar-refractivity contribution is 5.76. The van der Waals surface area contributed by atoms with Crippen LogP contribution in [-0.2, 0) is 4.79 Å². The van der Waals surface area contributed by atoms with E-state index in [1.54, 1.807) is 6.08 Å². The molecule has 4 nitrogen and oxygen atoms in total. The summed E-state index contributed by atoms with van der Waals surface area (Å²) in [6.07, 6.45) is 51.8. The predicted molar refractivity (Wildman–Crippen MR) is 216 cm³/mol. The topological polar surface area (TPSA) is 69.6 Å². The minimum Gasteiger partial charge on any atom is -0.394 e. The Morgan fingerprint density at radius 3 is 1.06 bits per heavy atom. The van der Waals surface area contributed by atoms with Gasteiger partial charge in [0.25, 0.3) is 0 Å². The Labute approximate surface area is 307 Å². The van der Waals surface area contributed by atoms with Crippen molar-refractivity contribution in [2.75, 3.05) is 6.61 Å². The number of allylic oxidation sites excluding steroid dienone is 1. The fourth-order valence-electron chi connectivity index (χ4n) is 7.06. The molecule has 0 spiro atoms. The number of nitrogens with one attached hydrogen (secondary N) is 1. The van der Waals surface area contributed by atoms with Crippen LogP contribution >= 0.6 is 0 Å². The summed E-state index contributed by atoms with van der Waals surface area (Å²) in [5.74, 6) is -0.0591. The molecule has 0 aromatic carbocycles. The second-order valence-corrected chi connectivity index (χ2v) is 15.5. The van der Waals surface area contributed by atoms with Crippen molar-refractivity contribution in [1.29, 1.82) is 0 Å². The molecule has 0 saturated carbocycles. The number of unbranched alkanes of at least 4 members (excludes halogenated alkanes) is 34. The normalized spacial score (nSPS) is 13.0. The van der Waals surface area contributed by atoms with Crippen molar-refractivity contribution in [1.82, 2.24) is 5.32 Å². The van der Waals surface area contributed by atoms with Gasteiger partial charge >= 0.3 is 0 Å². The maximum Gasteiger partial charge on any atom is 0.220 e. The minimum absolute atomic E-state index is 0.0591. The van der Waals surface area contributed by atoms with E-state index in [9.17, 15) is 15.0 Å². The summed E-state index contributed by atoms with van der Waals surface area (Å²) in [6, 6.07) is -0.616. The van der Waals surface area contributed by atoms with E-state index in [1.165, 1.54) is 205 Å². The van der Waals surface area contributed by atoms with Gasteiger partial charge in [-0.25, -0.2) is 0 Å². The Balaban J connectivity index is 3.50. The van der Waals surface area contributed by atoms with Crippen molar-refractivity contribution in [3.8, 4) is 0 Å². The smallest absolute Gasteiger partial charge is 0.220 e. The van der Waals surface area contributed by atoms with Crippen molar-refractivity contribution >= 4 is 5.91 Å². The van der Waals surface area contributed by atoms with Crippen LogP contribution < -0.4 is 5.32 Å². The molecule has 0 rings (SSSR count). The van der Waals surface area contributed by atoms with E-state index in [0.717, 1.165) is 25.7 Å². The first-order valence-electron chi connectivity index (χ1n) is 22.4. The summed E-state index contributed by atoms with van der Waals surface area (Å²) in [4.78, 5) is 12.4. The highest BCUT2D eigenvalue weighted by Crippen LogP contribution is 2.16. The molecule has 0 radical (unpaired) electrons. The Morgan fingerprint density at radius 1 is 0.469 bits per heavy atom. The average molecular weight is 692 g/mol. The van der Waals surface area contributed by atoms with Crippen LogP contribution in [-0.4, -0.2) is 34.9 Å². The molecule has 1 amide bonds. The number of carbonyl (C=O) groups excluding carboxylic acids is 1. The van der Waals surface area contributed by atoms with E-state index < -0.39 is 12.1 Å². The molecule has 49 heavy (non-hydrogen) atoms. The summed E-state index contributed by atoms with van der Waals surface area (Å²) in [6.45, 7) is 4.33. The van der Waals surface area contributed by atoms with E-state index in [2.05, 4.69) is 19.2 Å². The molecule has 0 aliphatic heterocycles. The van der Waals surface area contributed by atoms with Crippen LogP contribution in [0.3, 0.4) is 0 Å². The van der Waals surface area contributed by atoms with Crippen molar-refractivity contribution in [2.24, 2.45) is 0 Å². The standard InChI is InChI=1S/C45H89NO3/c1-3-5-7-9-11-13-15-17-19-20-21-22-23-24-25-27-29-31-33-35-37-39-41-45(49)46-43(42-47)44(48)40-38-36-34-32-30-28-26-18-16-14-12-10-8-6-4-2/h38,40,43-44,47-48H,3-37,39,41-42H2,1-2H3,(H,46,49)/b40-38+/t43-,44+/m0/s1. The Hall–Kier alpha value is -0.870. The zero-order chi connectivity index (χ0) is 35.7. The van der Waals surface area contributed by atoms with Crippen LogP contribution in [0.5, 0.6) is 0 Å². The van der Waals surface area contributed by atoms with Gasteiger partial charge in [0.05, 0.1) is 18.8 Å². The number of aliphatic hydroxyl groups excluding tert-OH is 2. The number of hydrogen-bond acceptors (Lipinski definition) is 3. The fraction of sp³-hybridized carbons (Fsp3) is 0.933. The largest absolute Gasteiger partial charge is 0.394 e. The zero-order valence-corrected chi connectivity index (χ0v) is 33.5. The third-order valence-electron chi connectivity index (χ3n) is 10.5. The second kappa shape index (κ2) is 41.5. The Kier molecular flexibility index (Phi) is 40.8. The third kappa shape index (κ3) is 38.2. The molecule has 2 atom stereocenters. The first-order valence-corrected chi connectivity index (χ1v) is 22.4. The number of amides is 1. The van der Waals surface area contributed by atoms with Gasteiger partial charge in [0.1, 0.15) is 0 Å². The highest BCUT2D eigenvalue weighted by atomic mass is 16.3. The van der Waals surface area contributed by atoms with Gasteiger partial charge in [-0.3, -0.25) is 4.79 Å². The molecule has 0 fully saturated rings. The van der Waals surface area contributed by atoms with Gasteiger partial charge in [0.2, 0.25) is 5.91 Å². The first kappa shape index (κ1) is 48.1. The van der Waals surface area contributed by atoms with Gasteiger partial charge in [-0.2, -0.15) is 0 Å². The molecule has 0 aromatic rings. The van der Waals surface area contributed by atoms with E-state index in [1.807, 2.05) is 6.08 Å². The molecule has 292 valence electrons. The molecular formula is C45H89NO3. The molecule has 0 aliphatic rings. The quantitative estimate of drug-likeness (QED) is 0.0441. The first-order chi connectivity index (χ1) is 24.2. The fourth-order valence-corrected chi connectivity index (χ4v) is 7.06. The lowest BCUT2D eigenvalue weighted by atomic mass is 10.0. The van der Waals surface area contributed by atoms with Gasteiger partial charge in [0.15, 0.2) is 0 Å². The SMILES string of the molecule is CCCCCCCCCCCCCCC/C=C/[C@@H](O)[C@H](CO)NC(=O)CCCCCCCCCCCCCCCCCCCCCCCC. The summed E-state index contributed by atoms with van der Waals surface area (Å²) in [5.41, 5.74) is 0. The van der Waals surface area contributed by atoms with Gasteiger partial charge < -0.3 is 15.5 Å². The monoisotopic (exact) mass is 692 g/mol. The Morgan fingerprint density at radius 2 is 0.755 bits per heavy atom. The van der Waals surface area contributed by atoms with Gasteiger partial charge in [-0.15, -0.1) is 0 Å². The maximum atomic E-state index is 12.4. The highest BCUT2D eigenvalue weighted by Gasteiger charge is 2.17. The lowest BCUT2D eigenvalue weighted by molar-refractivity contribution is -0.123. The lowest BCUT2D eigenvalue weighted by Gasteiger charge is -2.20. The Bertz CT molecular complexity index is 666. The molecule has 0 bridgehead atoms. The van der Waals surface area contributed by atoms with Crippen LogP contribution in [0.1, 0.15) is 251 Å². The maximum absolute atomic E-state index is 12.4. The van der Waals surface area contributed by atoms with Crippen molar-refractivity contribution in [3.05, 3.63) is 12.2 Å². The average Bonchev–Trinajstić information content (AvgIpc) is 3.10. The minimum atomic E-state index is -0.833. The van der Waals surface area contributed by atoms with E-state index in [0.29, 0.717) is 6.42 Å². The molecule has 0 aliphatic carbocycles. The van der Waals surface area contributed by atoms with Crippen molar-refractivity contribution in [2.45, 2.75) is 264 Å². The molecule has 0 saturated heterocycles. The van der Waals surface area contributed by atoms with E-state index >= 15 is 0 Å².